The number of hydrogen-bond donors (Lipinski definition) is 2. The highest BCUT2D eigenvalue weighted by molar-refractivity contribution is 7.13. The fourth-order valence-corrected chi connectivity index (χ4v) is 3.91. The van der Waals surface area contributed by atoms with Gasteiger partial charge in [-0.2, -0.15) is 0 Å². The van der Waals surface area contributed by atoms with E-state index in [-0.39, 0.29) is 6.42 Å². The second kappa shape index (κ2) is 18.3. The summed E-state index contributed by atoms with van der Waals surface area (Å²) in [5.41, 5.74) is 0.630. The van der Waals surface area contributed by atoms with E-state index in [9.17, 15) is 9.59 Å². The van der Waals surface area contributed by atoms with Gasteiger partial charge in [0.2, 0.25) is 0 Å². The van der Waals surface area contributed by atoms with Crippen LogP contribution in [0.4, 0.5) is 5.13 Å². The van der Waals surface area contributed by atoms with Gasteiger partial charge < -0.3 is 15.2 Å². The Morgan fingerprint density at radius 2 is 1.45 bits per heavy atom. The van der Waals surface area contributed by atoms with Crippen molar-refractivity contribution in [2.24, 2.45) is 0 Å². The lowest BCUT2D eigenvalue weighted by Crippen LogP contribution is -2.03. The zero-order valence-corrected chi connectivity index (χ0v) is 18.6. The highest BCUT2D eigenvalue weighted by Gasteiger charge is 2.05. The molecule has 0 aliphatic carbocycles. The maximum atomic E-state index is 10.6. The first-order valence-electron chi connectivity index (χ1n) is 11.2. The summed E-state index contributed by atoms with van der Waals surface area (Å²) >= 11 is 1.48. The Bertz CT molecular complexity index is 572. The number of aliphatic carboxylic acids is 1. The molecule has 1 aromatic rings. The molecule has 6 heteroatoms. The van der Waals surface area contributed by atoms with Crippen LogP contribution in [0.2, 0.25) is 0 Å². The van der Waals surface area contributed by atoms with Crippen LogP contribution in [0, 0.1) is 0 Å². The lowest BCUT2D eigenvalue weighted by molar-refractivity contribution is -0.136. The van der Waals surface area contributed by atoms with Gasteiger partial charge >= 0.3 is 5.97 Å². The van der Waals surface area contributed by atoms with Gasteiger partial charge in [0.25, 0.3) is 0 Å². The van der Waals surface area contributed by atoms with Crippen molar-refractivity contribution >= 4 is 28.7 Å². The van der Waals surface area contributed by atoms with Gasteiger partial charge in [-0.05, 0) is 38.5 Å². The average molecular weight is 423 g/mol. The molecule has 0 saturated heterocycles. The van der Waals surface area contributed by atoms with Crippen molar-refractivity contribution in [3.05, 3.63) is 23.2 Å². The number of aldehydes is 1. The van der Waals surface area contributed by atoms with Crippen LogP contribution in [0.1, 0.15) is 95.6 Å². The van der Waals surface area contributed by atoms with Crippen molar-refractivity contribution in [1.82, 2.24) is 4.98 Å². The number of thiazole rings is 1. The summed E-state index contributed by atoms with van der Waals surface area (Å²) in [5.74, 6) is -0.837. The minimum Gasteiger partial charge on any atom is -0.481 e. The summed E-state index contributed by atoms with van der Waals surface area (Å²) in [4.78, 5) is 25.1. The van der Waals surface area contributed by atoms with Gasteiger partial charge in [0.05, 0.1) is 12.1 Å². The van der Waals surface area contributed by atoms with E-state index in [0.717, 1.165) is 37.2 Å². The Balaban J connectivity index is 1.81. The van der Waals surface area contributed by atoms with Gasteiger partial charge in [0.1, 0.15) is 6.29 Å². The number of unbranched alkanes of at least 4 members (excludes halogenated alkanes) is 12. The van der Waals surface area contributed by atoms with E-state index in [1.165, 1.54) is 82.0 Å². The Morgan fingerprint density at radius 3 is 2.03 bits per heavy atom. The van der Waals surface area contributed by atoms with E-state index in [4.69, 9.17) is 5.11 Å². The Hall–Kier alpha value is -1.69. The number of anilines is 1. The van der Waals surface area contributed by atoms with Crippen LogP contribution >= 0.6 is 11.3 Å². The molecule has 0 spiro atoms. The first-order valence-corrected chi connectivity index (χ1v) is 12.1. The summed E-state index contributed by atoms with van der Waals surface area (Å²) in [6.45, 7) is 0.903. The van der Waals surface area contributed by atoms with Gasteiger partial charge in [-0.15, -0.1) is 11.3 Å². The number of hydrogen-bond acceptors (Lipinski definition) is 5. The van der Waals surface area contributed by atoms with Crippen LogP contribution in [0.3, 0.4) is 0 Å². The summed E-state index contributed by atoms with van der Waals surface area (Å²) < 4.78 is 0. The number of aromatic nitrogens is 1. The van der Waals surface area contributed by atoms with E-state index in [0.29, 0.717) is 5.69 Å². The van der Waals surface area contributed by atoms with Crippen LogP contribution in [0.15, 0.2) is 17.5 Å². The summed E-state index contributed by atoms with van der Waals surface area (Å²) in [7, 11) is 0. The van der Waals surface area contributed by atoms with Gasteiger partial charge in [-0.1, -0.05) is 57.1 Å². The first kappa shape index (κ1) is 25.3. The largest absolute Gasteiger partial charge is 0.481 e. The number of nitrogens with zero attached hydrogens (tertiary/aromatic N) is 1. The lowest BCUT2D eigenvalue weighted by atomic mass is 10.1. The minimum atomic E-state index is -0.837. The highest BCUT2D eigenvalue weighted by atomic mass is 32.1. The third kappa shape index (κ3) is 15.9. The summed E-state index contributed by atoms with van der Waals surface area (Å²) in [5, 5.41) is 14.7. The fraction of sp³-hybridized carbons (Fsp3) is 0.696. The van der Waals surface area contributed by atoms with Crippen LogP contribution in [0.5, 0.6) is 0 Å². The molecule has 164 valence electrons. The number of allylic oxidation sites excluding steroid dienone is 2. The van der Waals surface area contributed by atoms with Gasteiger partial charge in [0, 0.05) is 18.3 Å². The molecule has 1 heterocycles. The van der Waals surface area contributed by atoms with Gasteiger partial charge in [-0.25, -0.2) is 4.98 Å². The van der Waals surface area contributed by atoms with Crippen molar-refractivity contribution in [2.75, 3.05) is 11.9 Å². The molecule has 5 nitrogen and oxygen atoms in total. The molecule has 0 aliphatic rings. The quantitative estimate of drug-likeness (QED) is 0.144. The maximum Gasteiger partial charge on any atom is 0.309 e. The Morgan fingerprint density at radius 1 is 0.897 bits per heavy atom. The van der Waals surface area contributed by atoms with Gasteiger partial charge in [-0.3, -0.25) is 4.79 Å². The maximum absolute atomic E-state index is 10.6. The third-order valence-corrected chi connectivity index (χ3v) is 5.67. The molecule has 0 bridgehead atoms. The topological polar surface area (TPSA) is 79.3 Å². The molecule has 0 unspecified atom stereocenters. The number of carbonyl (C=O) groups excluding carboxylic acids is 1. The average Bonchev–Trinajstić information content (AvgIpc) is 3.13. The molecule has 0 radical (unpaired) electrons. The molecule has 0 atom stereocenters. The van der Waals surface area contributed by atoms with Gasteiger partial charge in [0.15, 0.2) is 5.13 Å². The van der Waals surface area contributed by atoms with Crippen LogP contribution in [-0.4, -0.2) is 28.9 Å². The van der Waals surface area contributed by atoms with Crippen molar-refractivity contribution in [2.45, 2.75) is 96.3 Å². The van der Waals surface area contributed by atoms with E-state index < -0.39 is 5.97 Å². The highest BCUT2D eigenvalue weighted by Crippen LogP contribution is 2.16. The van der Waals surface area contributed by atoms with Crippen LogP contribution in [0.25, 0.3) is 0 Å². The molecule has 0 amide bonds. The van der Waals surface area contributed by atoms with E-state index in [2.05, 4.69) is 22.5 Å². The van der Waals surface area contributed by atoms with Crippen LogP contribution in [-0.2, 0) is 16.0 Å². The SMILES string of the molecule is O=CCCCCCCC/C=C/CCCCCCCCNc1nc(CC(=O)O)cs1. The number of rotatable bonds is 20. The van der Waals surface area contributed by atoms with Crippen molar-refractivity contribution < 1.29 is 14.7 Å². The second-order valence-corrected chi connectivity index (χ2v) is 8.39. The van der Waals surface area contributed by atoms with E-state index in [1.54, 1.807) is 0 Å². The molecule has 0 aliphatic heterocycles. The second-order valence-electron chi connectivity index (χ2n) is 7.53. The summed E-state index contributed by atoms with van der Waals surface area (Å²) in [6, 6.07) is 0. The molecular formula is C23H38N2O3S. The standard InChI is InChI=1S/C23H38N2O3S/c26-18-16-14-12-10-8-6-4-2-1-3-5-7-9-11-13-15-17-24-23-25-21(20-29-23)19-22(27)28/h1-2,18,20H,3-17,19H2,(H,24,25)(H,27,28)/b2-1+. The van der Waals surface area contributed by atoms with Crippen LogP contribution < -0.4 is 5.32 Å². The van der Waals surface area contributed by atoms with E-state index in [1.807, 2.05) is 5.38 Å². The lowest BCUT2D eigenvalue weighted by Gasteiger charge is -2.03. The molecule has 0 aromatic carbocycles. The smallest absolute Gasteiger partial charge is 0.309 e. The molecular weight excluding hydrogens is 384 g/mol. The Labute approximate surface area is 180 Å². The fourth-order valence-electron chi connectivity index (χ4n) is 3.17. The number of carboxylic acids is 1. The molecule has 0 saturated carbocycles. The van der Waals surface area contributed by atoms with Crippen molar-refractivity contribution in [1.29, 1.82) is 0 Å². The minimum absolute atomic E-state index is 0.00318. The van der Waals surface area contributed by atoms with Crippen molar-refractivity contribution in [3.63, 3.8) is 0 Å². The molecule has 29 heavy (non-hydrogen) atoms. The Kier molecular flexibility index (Phi) is 16.0. The van der Waals surface area contributed by atoms with E-state index >= 15 is 0 Å². The molecule has 2 N–H and O–H groups in total. The third-order valence-electron chi connectivity index (χ3n) is 4.82. The monoisotopic (exact) mass is 422 g/mol. The molecule has 1 rings (SSSR count). The predicted octanol–water partition coefficient (Wildman–Crippen LogP) is 6.40. The molecule has 1 aromatic heterocycles. The number of carbonyl (C=O) groups is 2. The first-order chi connectivity index (χ1) is 14.2. The zero-order valence-electron chi connectivity index (χ0n) is 17.7. The molecule has 0 fully saturated rings. The predicted molar refractivity (Wildman–Crippen MR) is 122 cm³/mol. The normalized spacial score (nSPS) is 11.2. The number of nitrogens with one attached hydrogen (secondary N) is 1. The van der Waals surface area contributed by atoms with Crippen molar-refractivity contribution in [3.8, 4) is 0 Å². The summed E-state index contributed by atoms with van der Waals surface area (Å²) in [6.07, 6.45) is 22.4. The zero-order chi connectivity index (χ0) is 21.0. The number of carboxylic acid groups (broad SMARTS) is 1.